The zero-order valence-electron chi connectivity index (χ0n) is 8.13. The molecule has 2 nitrogen and oxygen atoms in total. The van der Waals surface area contributed by atoms with Gasteiger partial charge in [-0.3, -0.25) is 0 Å². The zero-order valence-corrected chi connectivity index (χ0v) is 8.13. The summed E-state index contributed by atoms with van der Waals surface area (Å²) in [5.41, 5.74) is 0. The highest BCUT2D eigenvalue weighted by atomic mass is 16.3. The minimum absolute atomic E-state index is 0.139. The number of hydrogen-bond donors (Lipinski definition) is 2. The third kappa shape index (κ3) is 3.80. The van der Waals surface area contributed by atoms with Gasteiger partial charge in [0.1, 0.15) is 0 Å². The lowest BCUT2D eigenvalue weighted by molar-refractivity contribution is 0.0911. The van der Waals surface area contributed by atoms with Crippen molar-refractivity contribution >= 4 is 0 Å². The molecule has 0 amide bonds. The van der Waals surface area contributed by atoms with Crippen LogP contribution in [0.2, 0.25) is 0 Å². The molecule has 1 aliphatic rings. The number of hydrogen-bond acceptors (Lipinski definition) is 2. The van der Waals surface area contributed by atoms with Crippen LogP contribution in [0.25, 0.3) is 0 Å². The first-order chi connectivity index (χ1) is 6.34. The maximum absolute atomic E-state index is 9.62. The van der Waals surface area contributed by atoms with Crippen molar-refractivity contribution in [2.24, 2.45) is 0 Å². The van der Waals surface area contributed by atoms with E-state index in [9.17, 15) is 5.11 Å². The SMILES string of the molecule is C#CCCCN[C@H]1CCCC[C@@H]1O. The molecule has 2 heteroatoms. The van der Waals surface area contributed by atoms with E-state index in [2.05, 4.69) is 11.2 Å². The minimum Gasteiger partial charge on any atom is -0.392 e. The maximum atomic E-state index is 9.62. The highest BCUT2D eigenvalue weighted by Crippen LogP contribution is 2.18. The van der Waals surface area contributed by atoms with Gasteiger partial charge in [-0.25, -0.2) is 0 Å². The quantitative estimate of drug-likeness (QED) is 0.506. The fraction of sp³-hybridized carbons (Fsp3) is 0.818. The van der Waals surface area contributed by atoms with Crippen molar-refractivity contribution in [1.82, 2.24) is 5.32 Å². The van der Waals surface area contributed by atoms with E-state index in [4.69, 9.17) is 6.42 Å². The van der Waals surface area contributed by atoms with Gasteiger partial charge in [0.25, 0.3) is 0 Å². The molecule has 0 unspecified atom stereocenters. The van der Waals surface area contributed by atoms with Crippen LogP contribution in [-0.4, -0.2) is 23.8 Å². The summed E-state index contributed by atoms with van der Waals surface area (Å²) in [7, 11) is 0. The number of unbranched alkanes of at least 4 members (excludes halogenated alkanes) is 1. The Bertz CT molecular complexity index is 173. The van der Waals surface area contributed by atoms with E-state index in [0.717, 1.165) is 32.2 Å². The first-order valence-electron chi connectivity index (χ1n) is 5.19. The lowest BCUT2D eigenvalue weighted by Crippen LogP contribution is -2.42. The predicted molar refractivity (Wildman–Crippen MR) is 54.3 cm³/mol. The van der Waals surface area contributed by atoms with Gasteiger partial charge in [-0.1, -0.05) is 12.8 Å². The van der Waals surface area contributed by atoms with Gasteiger partial charge >= 0.3 is 0 Å². The molecule has 0 bridgehead atoms. The molecule has 0 heterocycles. The molecule has 0 radical (unpaired) electrons. The van der Waals surface area contributed by atoms with Crippen molar-refractivity contribution in [2.75, 3.05) is 6.54 Å². The Balaban J connectivity index is 2.09. The molecule has 0 saturated heterocycles. The Morgan fingerprint density at radius 2 is 2.15 bits per heavy atom. The van der Waals surface area contributed by atoms with Crippen LogP contribution in [0.4, 0.5) is 0 Å². The molecule has 1 fully saturated rings. The molecule has 0 aromatic rings. The largest absolute Gasteiger partial charge is 0.392 e. The van der Waals surface area contributed by atoms with Crippen LogP contribution in [0.15, 0.2) is 0 Å². The van der Waals surface area contributed by atoms with Gasteiger partial charge in [0.2, 0.25) is 0 Å². The molecular formula is C11H19NO. The van der Waals surface area contributed by atoms with E-state index < -0.39 is 0 Å². The highest BCUT2D eigenvalue weighted by molar-refractivity contribution is 4.84. The van der Waals surface area contributed by atoms with E-state index in [1.807, 2.05) is 0 Å². The molecule has 2 N–H and O–H groups in total. The van der Waals surface area contributed by atoms with Gasteiger partial charge in [-0.2, -0.15) is 0 Å². The van der Waals surface area contributed by atoms with Crippen LogP contribution in [0, 0.1) is 12.3 Å². The Kier molecular flexibility index (Phi) is 4.88. The topological polar surface area (TPSA) is 32.3 Å². The smallest absolute Gasteiger partial charge is 0.0693 e. The molecule has 0 aliphatic heterocycles. The Labute approximate surface area is 80.7 Å². The summed E-state index contributed by atoms with van der Waals surface area (Å²) in [4.78, 5) is 0. The fourth-order valence-corrected chi connectivity index (χ4v) is 1.83. The average Bonchev–Trinajstić information content (AvgIpc) is 2.15. The summed E-state index contributed by atoms with van der Waals surface area (Å²) < 4.78 is 0. The molecule has 0 aromatic carbocycles. The number of rotatable bonds is 4. The number of aliphatic hydroxyl groups excluding tert-OH is 1. The molecule has 1 saturated carbocycles. The third-order valence-electron chi connectivity index (χ3n) is 2.63. The van der Waals surface area contributed by atoms with Gasteiger partial charge in [0.15, 0.2) is 0 Å². The molecule has 13 heavy (non-hydrogen) atoms. The third-order valence-corrected chi connectivity index (χ3v) is 2.63. The molecule has 0 aromatic heterocycles. The average molecular weight is 181 g/mol. The van der Waals surface area contributed by atoms with Crippen molar-refractivity contribution in [2.45, 2.75) is 50.7 Å². The lowest BCUT2D eigenvalue weighted by Gasteiger charge is -2.28. The van der Waals surface area contributed by atoms with Crippen molar-refractivity contribution in [3.05, 3.63) is 0 Å². The Hall–Kier alpha value is -0.520. The summed E-state index contributed by atoms with van der Waals surface area (Å²) in [6, 6.07) is 0.312. The van der Waals surface area contributed by atoms with Gasteiger partial charge in [-0.15, -0.1) is 12.3 Å². The highest BCUT2D eigenvalue weighted by Gasteiger charge is 2.21. The van der Waals surface area contributed by atoms with Crippen LogP contribution in [0.3, 0.4) is 0 Å². The molecule has 1 rings (SSSR count). The van der Waals surface area contributed by atoms with E-state index in [1.54, 1.807) is 0 Å². The van der Waals surface area contributed by atoms with Gasteiger partial charge in [0, 0.05) is 12.5 Å². The second-order valence-electron chi connectivity index (χ2n) is 3.72. The van der Waals surface area contributed by atoms with E-state index in [1.165, 1.54) is 12.8 Å². The Morgan fingerprint density at radius 3 is 2.85 bits per heavy atom. The summed E-state index contributed by atoms with van der Waals surface area (Å²) in [6.45, 7) is 0.936. The minimum atomic E-state index is -0.139. The summed E-state index contributed by atoms with van der Waals surface area (Å²) in [6.07, 6.45) is 11.3. The second-order valence-corrected chi connectivity index (χ2v) is 3.72. The van der Waals surface area contributed by atoms with Crippen LogP contribution in [0.5, 0.6) is 0 Å². The summed E-state index contributed by atoms with van der Waals surface area (Å²) >= 11 is 0. The van der Waals surface area contributed by atoms with E-state index >= 15 is 0 Å². The van der Waals surface area contributed by atoms with Crippen molar-refractivity contribution < 1.29 is 5.11 Å². The van der Waals surface area contributed by atoms with Crippen LogP contribution < -0.4 is 5.32 Å². The first kappa shape index (κ1) is 10.6. The monoisotopic (exact) mass is 181 g/mol. The number of aliphatic hydroxyl groups is 1. The van der Waals surface area contributed by atoms with Gasteiger partial charge in [0.05, 0.1) is 6.10 Å². The van der Waals surface area contributed by atoms with E-state index in [0.29, 0.717) is 6.04 Å². The number of terminal acetylenes is 1. The predicted octanol–water partition coefficient (Wildman–Crippen LogP) is 1.29. The molecular weight excluding hydrogens is 162 g/mol. The second kappa shape index (κ2) is 6.01. The maximum Gasteiger partial charge on any atom is 0.0693 e. The zero-order chi connectivity index (χ0) is 9.52. The number of nitrogens with one attached hydrogen (secondary N) is 1. The van der Waals surface area contributed by atoms with Crippen molar-refractivity contribution in [1.29, 1.82) is 0 Å². The van der Waals surface area contributed by atoms with Crippen molar-refractivity contribution in [3.63, 3.8) is 0 Å². The van der Waals surface area contributed by atoms with Crippen LogP contribution in [0.1, 0.15) is 38.5 Å². The lowest BCUT2D eigenvalue weighted by atomic mass is 9.92. The van der Waals surface area contributed by atoms with Crippen LogP contribution >= 0.6 is 0 Å². The standard InChI is InChI=1S/C11H19NO/c1-2-3-6-9-12-10-7-4-5-8-11(10)13/h1,10-13H,3-9H2/t10-,11-/m0/s1. The Morgan fingerprint density at radius 1 is 1.38 bits per heavy atom. The summed E-state index contributed by atoms with van der Waals surface area (Å²) in [5, 5.41) is 13.0. The summed E-state index contributed by atoms with van der Waals surface area (Å²) in [5.74, 6) is 2.61. The van der Waals surface area contributed by atoms with E-state index in [-0.39, 0.29) is 6.10 Å². The normalized spacial score (nSPS) is 28.3. The van der Waals surface area contributed by atoms with Gasteiger partial charge in [-0.05, 0) is 25.8 Å². The first-order valence-corrected chi connectivity index (χ1v) is 5.19. The van der Waals surface area contributed by atoms with Crippen molar-refractivity contribution in [3.8, 4) is 12.3 Å². The molecule has 2 atom stereocenters. The van der Waals surface area contributed by atoms with Crippen LogP contribution in [-0.2, 0) is 0 Å². The fourth-order valence-electron chi connectivity index (χ4n) is 1.83. The molecule has 0 spiro atoms. The molecule has 1 aliphatic carbocycles. The van der Waals surface area contributed by atoms with Gasteiger partial charge < -0.3 is 10.4 Å². The molecule has 74 valence electrons.